The second-order valence-corrected chi connectivity index (χ2v) is 5.03. The molecule has 1 aliphatic rings. The number of dihydropyridines is 1. The van der Waals surface area contributed by atoms with E-state index in [2.05, 4.69) is 5.32 Å². The van der Waals surface area contributed by atoms with Gasteiger partial charge in [0.25, 0.3) is 5.69 Å². The lowest BCUT2D eigenvalue weighted by Crippen LogP contribution is -2.26. The molecule has 0 bridgehead atoms. The standard InChI is InChI=1S/C16H18N2O4/c1-4-22-16(19)15-11(3)17-10(2)9-13(15)12-7-5-6-8-14(12)18(20)21/h5-9,13,17H,4H2,1-3H3. The molecule has 6 heteroatoms. The molecule has 0 spiro atoms. The molecule has 1 N–H and O–H groups in total. The third kappa shape index (κ3) is 3.00. The van der Waals surface area contributed by atoms with Crippen LogP contribution in [0.25, 0.3) is 0 Å². The van der Waals surface area contributed by atoms with Gasteiger partial charge in [-0.2, -0.15) is 0 Å². The van der Waals surface area contributed by atoms with Crippen molar-refractivity contribution in [1.82, 2.24) is 5.32 Å². The Morgan fingerprint density at radius 2 is 2.05 bits per heavy atom. The van der Waals surface area contributed by atoms with Crippen molar-refractivity contribution in [3.05, 3.63) is 63.0 Å². The maximum absolute atomic E-state index is 12.3. The molecule has 116 valence electrons. The Morgan fingerprint density at radius 1 is 1.36 bits per heavy atom. The average Bonchev–Trinajstić information content (AvgIpc) is 2.46. The third-order valence-corrected chi connectivity index (χ3v) is 3.48. The summed E-state index contributed by atoms with van der Waals surface area (Å²) in [5.41, 5.74) is 2.38. The van der Waals surface area contributed by atoms with Gasteiger partial charge in [0.15, 0.2) is 0 Å². The summed E-state index contributed by atoms with van der Waals surface area (Å²) >= 11 is 0. The summed E-state index contributed by atoms with van der Waals surface area (Å²) < 4.78 is 5.10. The van der Waals surface area contributed by atoms with Gasteiger partial charge in [-0.3, -0.25) is 10.1 Å². The van der Waals surface area contributed by atoms with Gasteiger partial charge < -0.3 is 10.1 Å². The van der Waals surface area contributed by atoms with Crippen molar-refractivity contribution < 1.29 is 14.5 Å². The third-order valence-electron chi connectivity index (χ3n) is 3.48. The van der Waals surface area contributed by atoms with Crippen LogP contribution in [0.1, 0.15) is 32.3 Å². The summed E-state index contributed by atoms with van der Waals surface area (Å²) in [6.07, 6.45) is 1.81. The normalized spacial score (nSPS) is 17.6. The Kier molecular flexibility index (Phi) is 4.60. The van der Waals surface area contributed by atoms with Crippen LogP contribution in [-0.2, 0) is 9.53 Å². The molecule has 0 radical (unpaired) electrons. The number of ether oxygens (including phenoxy) is 1. The number of hydrogen-bond donors (Lipinski definition) is 1. The van der Waals surface area contributed by atoms with Crippen LogP contribution < -0.4 is 5.32 Å². The number of allylic oxidation sites excluding steroid dienone is 3. The summed E-state index contributed by atoms with van der Waals surface area (Å²) in [6.45, 7) is 5.60. The lowest BCUT2D eigenvalue weighted by molar-refractivity contribution is -0.385. The molecule has 1 aromatic rings. The molecule has 1 heterocycles. The maximum atomic E-state index is 12.3. The van der Waals surface area contributed by atoms with Gasteiger partial charge in [0.2, 0.25) is 0 Å². The highest BCUT2D eigenvalue weighted by Gasteiger charge is 2.32. The topological polar surface area (TPSA) is 81.5 Å². The summed E-state index contributed by atoms with van der Waals surface area (Å²) in [4.78, 5) is 23.1. The van der Waals surface area contributed by atoms with E-state index in [-0.39, 0.29) is 12.3 Å². The van der Waals surface area contributed by atoms with Gasteiger partial charge in [-0.15, -0.1) is 0 Å². The number of nitro groups is 1. The largest absolute Gasteiger partial charge is 0.463 e. The van der Waals surface area contributed by atoms with Crippen LogP contribution >= 0.6 is 0 Å². The minimum absolute atomic E-state index is 0.00644. The van der Waals surface area contributed by atoms with Crippen molar-refractivity contribution in [3.63, 3.8) is 0 Å². The monoisotopic (exact) mass is 302 g/mol. The van der Waals surface area contributed by atoms with E-state index in [0.29, 0.717) is 16.8 Å². The minimum atomic E-state index is -0.498. The predicted molar refractivity (Wildman–Crippen MR) is 82.1 cm³/mol. The molecule has 0 saturated carbocycles. The molecule has 0 amide bonds. The lowest BCUT2D eigenvalue weighted by atomic mass is 9.86. The van der Waals surface area contributed by atoms with Crippen LogP contribution in [-0.4, -0.2) is 17.5 Å². The van der Waals surface area contributed by atoms with Gasteiger partial charge in [0.1, 0.15) is 0 Å². The molecule has 2 rings (SSSR count). The number of esters is 1. The van der Waals surface area contributed by atoms with Gasteiger partial charge in [-0.25, -0.2) is 4.79 Å². The molecule has 1 aliphatic heterocycles. The van der Waals surface area contributed by atoms with E-state index < -0.39 is 16.8 Å². The van der Waals surface area contributed by atoms with E-state index in [1.807, 2.05) is 13.0 Å². The van der Waals surface area contributed by atoms with Crippen LogP contribution in [0, 0.1) is 10.1 Å². The molecular formula is C16H18N2O4. The fourth-order valence-corrected chi connectivity index (χ4v) is 2.62. The second kappa shape index (κ2) is 6.43. The van der Waals surface area contributed by atoms with Crippen molar-refractivity contribution in [2.45, 2.75) is 26.7 Å². The minimum Gasteiger partial charge on any atom is -0.463 e. The Balaban J connectivity index is 2.57. The number of nitro benzene ring substituents is 1. The molecule has 1 unspecified atom stereocenters. The Hall–Kier alpha value is -2.63. The van der Waals surface area contributed by atoms with Gasteiger partial charge in [0, 0.05) is 28.9 Å². The van der Waals surface area contributed by atoms with E-state index in [0.717, 1.165) is 5.70 Å². The van der Waals surface area contributed by atoms with Crippen LogP contribution in [0.15, 0.2) is 47.3 Å². The van der Waals surface area contributed by atoms with Crippen LogP contribution in [0.5, 0.6) is 0 Å². The first kappa shape index (κ1) is 15.8. The van der Waals surface area contributed by atoms with Gasteiger partial charge in [-0.1, -0.05) is 24.3 Å². The van der Waals surface area contributed by atoms with Crippen LogP contribution in [0.3, 0.4) is 0 Å². The van der Waals surface area contributed by atoms with Gasteiger partial charge in [0.05, 0.1) is 17.1 Å². The zero-order chi connectivity index (χ0) is 16.3. The van der Waals surface area contributed by atoms with Crippen molar-refractivity contribution in [2.75, 3.05) is 6.61 Å². The summed E-state index contributed by atoms with van der Waals surface area (Å²) in [6, 6.07) is 6.45. The second-order valence-electron chi connectivity index (χ2n) is 5.03. The molecule has 1 atom stereocenters. The summed E-state index contributed by atoms with van der Waals surface area (Å²) in [7, 11) is 0. The highest BCUT2D eigenvalue weighted by atomic mass is 16.6. The number of carbonyl (C=O) groups is 1. The van der Waals surface area contributed by atoms with Crippen LogP contribution in [0.4, 0.5) is 5.69 Å². The highest BCUT2D eigenvalue weighted by Crippen LogP contribution is 2.37. The quantitative estimate of drug-likeness (QED) is 0.525. The predicted octanol–water partition coefficient (Wildman–Crippen LogP) is 3.02. The zero-order valence-electron chi connectivity index (χ0n) is 12.8. The van der Waals surface area contributed by atoms with Gasteiger partial charge >= 0.3 is 5.97 Å². The first-order valence-electron chi connectivity index (χ1n) is 7.02. The van der Waals surface area contributed by atoms with E-state index in [1.54, 1.807) is 32.0 Å². The van der Waals surface area contributed by atoms with E-state index in [4.69, 9.17) is 4.74 Å². The van der Waals surface area contributed by atoms with Crippen molar-refractivity contribution in [1.29, 1.82) is 0 Å². The Morgan fingerprint density at radius 3 is 2.68 bits per heavy atom. The SMILES string of the molecule is CCOC(=O)C1=C(C)NC(C)=CC1c1ccccc1[N+](=O)[O-]. The fraction of sp³-hybridized carbons (Fsp3) is 0.312. The number of carbonyl (C=O) groups excluding carboxylic acids is 1. The number of hydrogen-bond acceptors (Lipinski definition) is 5. The number of nitrogens with one attached hydrogen (secondary N) is 1. The Bertz CT molecular complexity index is 676. The van der Waals surface area contributed by atoms with E-state index in [9.17, 15) is 14.9 Å². The van der Waals surface area contributed by atoms with Crippen molar-refractivity contribution in [2.24, 2.45) is 0 Å². The smallest absolute Gasteiger partial charge is 0.336 e. The first-order valence-corrected chi connectivity index (χ1v) is 7.02. The summed E-state index contributed by atoms with van der Waals surface area (Å²) in [5.74, 6) is -0.957. The molecular weight excluding hydrogens is 284 g/mol. The average molecular weight is 302 g/mol. The molecule has 0 fully saturated rings. The molecule has 22 heavy (non-hydrogen) atoms. The number of benzene rings is 1. The maximum Gasteiger partial charge on any atom is 0.336 e. The zero-order valence-corrected chi connectivity index (χ0v) is 12.8. The molecule has 0 saturated heterocycles. The number of nitrogens with zero attached hydrogens (tertiary/aromatic N) is 1. The van der Waals surface area contributed by atoms with E-state index in [1.165, 1.54) is 6.07 Å². The van der Waals surface area contributed by atoms with Crippen molar-refractivity contribution in [3.8, 4) is 0 Å². The lowest BCUT2D eigenvalue weighted by Gasteiger charge is -2.25. The van der Waals surface area contributed by atoms with E-state index >= 15 is 0 Å². The number of para-hydroxylation sites is 1. The van der Waals surface area contributed by atoms with Crippen molar-refractivity contribution >= 4 is 11.7 Å². The van der Waals surface area contributed by atoms with Gasteiger partial charge in [-0.05, 0) is 20.8 Å². The highest BCUT2D eigenvalue weighted by molar-refractivity contribution is 5.92. The first-order chi connectivity index (χ1) is 10.5. The number of rotatable bonds is 4. The molecule has 0 aromatic heterocycles. The fourth-order valence-electron chi connectivity index (χ4n) is 2.62. The molecule has 6 nitrogen and oxygen atoms in total. The van der Waals surface area contributed by atoms with Crippen LogP contribution in [0.2, 0.25) is 0 Å². The molecule has 0 aliphatic carbocycles. The Labute approximate surface area is 128 Å². The molecule has 1 aromatic carbocycles. The summed E-state index contributed by atoms with van der Waals surface area (Å²) in [5, 5.41) is 14.4.